The van der Waals surface area contributed by atoms with Gasteiger partial charge in [-0.25, -0.2) is 0 Å². The lowest BCUT2D eigenvalue weighted by atomic mass is 9.90. The summed E-state index contributed by atoms with van der Waals surface area (Å²) in [4.78, 5) is 0. The molecular weight excluding hydrogens is 835 g/mol. The minimum absolute atomic E-state index is 0.0109. The lowest BCUT2D eigenvalue weighted by Gasteiger charge is -2.21. The van der Waals surface area contributed by atoms with E-state index in [0.717, 1.165) is 24.3 Å². The second-order valence-electron chi connectivity index (χ2n) is 14.5. The third-order valence-corrected chi connectivity index (χ3v) is 10.8. The van der Waals surface area contributed by atoms with Gasteiger partial charge in [0.25, 0.3) is 0 Å². The summed E-state index contributed by atoms with van der Waals surface area (Å²) in [7, 11) is 0. The van der Waals surface area contributed by atoms with Gasteiger partial charge in [-0.15, -0.1) is 0 Å². The Bertz CT molecular complexity index is 3290. The summed E-state index contributed by atoms with van der Waals surface area (Å²) in [5.74, 6) is 0. The first kappa shape index (κ1) is 40.2. The van der Waals surface area contributed by atoms with Gasteiger partial charge in [-0.2, -0.15) is 57.9 Å². The third-order valence-electron chi connectivity index (χ3n) is 10.8. The first-order valence-electron chi connectivity index (χ1n) is 18.4. The van der Waals surface area contributed by atoms with Crippen molar-refractivity contribution >= 4 is 43.6 Å². The number of benzene rings is 7. The van der Waals surface area contributed by atoms with E-state index in [2.05, 4.69) is 0 Å². The van der Waals surface area contributed by atoms with Crippen molar-refractivity contribution in [1.82, 2.24) is 9.13 Å². The minimum atomic E-state index is -5.22. The average molecular weight is 858 g/mol. The number of rotatable bonds is 4. The maximum absolute atomic E-state index is 14.3. The normalized spacial score (nSPS) is 12.8. The molecule has 62 heavy (non-hydrogen) atoms. The van der Waals surface area contributed by atoms with E-state index >= 15 is 0 Å². The summed E-state index contributed by atoms with van der Waals surface area (Å²) in [5.41, 5.74) is -3.95. The SMILES string of the molecule is N#Cc1ccc(-n2c3ccccc3c3cc(C(F)(F)F)ccc32)c(-c2cc(-n3c4ccccc4c4cc(C(F)(F)F)ccc43)ccc2-c2cc(C(F)(F)F)cc(C(F)(F)F)c2)c1. The highest BCUT2D eigenvalue weighted by Gasteiger charge is 2.38. The molecule has 9 rings (SSSR count). The smallest absolute Gasteiger partial charge is 0.309 e. The zero-order chi connectivity index (χ0) is 44.1. The van der Waals surface area contributed by atoms with Crippen molar-refractivity contribution < 1.29 is 52.7 Å². The lowest BCUT2D eigenvalue weighted by molar-refractivity contribution is -0.143. The van der Waals surface area contributed by atoms with E-state index in [9.17, 15) is 57.9 Å². The molecule has 310 valence electrons. The molecule has 3 nitrogen and oxygen atoms in total. The van der Waals surface area contributed by atoms with Gasteiger partial charge < -0.3 is 9.13 Å². The highest BCUT2D eigenvalue weighted by atomic mass is 19.4. The van der Waals surface area contributed by atoms with Crippen LogP contribution in [0.25, 0.3) is 77.2 Å². The van der Waals surface area contributed by atoms with Crippen LogP contribution in [-0.2, 0) is 24.7 Å². The van der Waals surface area contributed by atoms with Crippen LogP contribution in [0.2, 0.25) is 0 Å². The van der Waals surface area contributed by atoms with Crippen molar-refractivity contribution in [3.63, 3.8) is 0 Å². The Hall–Kier alpha value is -7.21. The molecule has 0 fully saturated rings. The molecule has 0 saturated heterocycles. The molecule has 0 aliphatic carbocycles. The molecule has 0 aliphatic rings. The van der Waals surface area contributed by atoms with Gasteiger partial charge in [-0.05, 0) is 114 Å². The first-order chi connectivity index (χ1) is 29.2. The topological polar surface area (TPSA) is 33.6 Å². The largest absolute Gasteiger partial charge is 0.416 e. The molecule has 0 N–H and O–H groups in total. The number of nitrogens with zero attached hydrogens (tertiary/aromatic N) is 3. The Labute approximate surface area is 341 Å². The Kier molecular flexibility index (Phi) is 9.02. The first-order valence-corrected chi connectivity index (χ1v) is 18.4. The fraction of sp³-hybridized carbons (Fsp3) is 0.0851. The van der Waals surface area contributed by atoms with Crippen molar-refractivity contribution in [1.29, 1.82) is 5.26 Å². The lowest BCUT2D eigenvalue weighted by Crippen LogP contribution is -2.11. The van der Waals surface area contributed by atoms with Crippen LogP contribution in [0, 0.1) is 11.3 Å². The average Bonchev–Trinajstić information content (AvgIpc) is 3.74. The van der Waals surface area contributed by atoms with Crippen LogP contribution in [0.1, 0.15) is 27.8 Å². The number of hydrogen-bond donors (Lipinski definition) is 0. The standard InChI is InChI=1S/C47H23F12N3/c48-44(49,50)27-10-15-41-37(21-27)33-5-1-3-7-39(33)61(41)31-12-13-32(26-18-29(46(54,55)56)20-30(19-26)47(57,58)59)35(23-31)36-17-25(24-60)9-14-42(36)62-40-8-4-2-6-34(40)38-22-28(45(51,52)53)11-16-43(38)62/h1-23H. The van der Waals surface area contributed by atoms with E-state index in [1.807, 2.05) is 6.07 Å². The second-order valence-corrected chi connectivity index (χ2v) is 14.5. The summed E-state index contributed by atoms with van der Waals surface area (Å²) >= 11 is 0. The fourth-order valence-electron chi connectivity index (χ4n) is 8.11. The van der Waals surface area contributed by atoms with Crippen LogP contribution in [0.15, 0.2) is 140 Å². The van der Waals surface area contributed by atoms with Crippen LogP contribution >= 0.6 is 0 Å². The van der Waals surface area contributed by atoms with E-state index in [-0.39, 0.29) is 61.5 Å². The minimum Gasteiger partial charge on any atom is -0.309 e. The van der Waals surface area contributed by atoms with Gasteiger partial charge in [0, 0.05) is 32.8 Å². The Morgan fingerprint density at radius 3 is 1.37 bits per heavy atom. The number of fused-ring (bicyclic) bond motifs is 6. The number of nitriles is 1. The van der Waals surface area contributed by atoms with Crippen LogP contribution in [0.4, 0.5) is 52.7 Å². The second kappa shape index (κ2) is 13.9. The van der Waals surface area contributed by atoms with Gasteiger partial charge in [-0.1, -0.05) is 42.5 Å². The molecule has 7 aromatic carbocycles. The molecule has 0 atom stereocenters. The van der Waals surface area contributed by atoms with Gasteiger partial charge >= 0.3 is 24.7 Å². The van der Waals surface area contributed by atoms with Crippen molar-refractivity contribution in [2.24, 2.45) is 0 Å². The van der Waals surface area contributed by atoms with Gasteiger partial charge in [0.2, 0.25) is 0 Å². The molecule has 2 heterocycles. The van der Waals surface area contributed by atoms with Gasteiger partial charge in [0.15, 0.2) is 0 Å². The van der Waals surface area contributed by atoms with Crippen molar-refractivity contribution in [2.45, 2.75) is 24.7 Å². The Morgan fingerprint density at radius 1 is 0.371 bits per heavy atom. The van der Waals surface area contributed by atoms with E-state index in [4.69, 9.17) is 0 Å². The summed E-state index contributed by atoms with van der Waals surface area (Å²) < 4.78 is 173. The van der Waals surface area contributed by atoms with Crippen LogP contribution in [0.3, 0.4) is 0 Å². The zero-order valence-electron chi connectivity index (χ0n) is 31.2. The van der Waals surface area contributed by atoms with E-state index in [1.54, 1.807) is 57.7 Å². The number of hydrogen-bond acceptors (Lipinski definition) is 1. The fourth-order valence-corrected chi connectivity index (χ4v) is 8.11. The molecule has 2 aromatic heterocycles. The van der Waals surface area contributed by atoms with Crippen molar-refractivity contribution in [3.8, 4) is 39.7 Å². The van der Waals surface area contributed by atoms with E-state index in [0.29, 0.717) is 33.9 Å². The van der Waals surface area contributed by atoms with Gasteiger partial charge in [0.05, 0.1) is 61.6 Å². The van der Waals surface area contributed by atoms with E-state index in [1.165, 1.54) is 48.5 Å². The third kappa shape index (κ3) is 6.75. The Morgan fingerprint density at radius 2 is 0.855 bits per heavy atom. The molecule has 0 amide bonds. The number of halogens is 12. The highest BCUT2D eigenvalue weighted by molar-refractivity contribution is 6.11. The maximum Gasteiger partial charge on any atom is 0.416 e. The maximum atomic E-state index is 14.3. The van der Waals surface area contributed by atoms with Crippen molar-refractivity contribution in [3.05, 3.63) is 167 Å². The van der Waals surface area contributed by atoms with E-state index < -0.39 is 52.5 Å². The highest BCUT2D eigenvalue weighted by Crippen LogP contribution is 2.46. The number of alkyl halides is 12. The van der Waals surface area contributed by atoms with Crippen LogP contribution in [0.5, 0.6) is 0 Å². The monoisotopic (exact) mass is 857 g/mol. The number of aromatic nitrogens is 2. The quantitative estimate of drug-likeness (QED) is 0.162. The molecule has 15 heteroatoms. The molecule has 0 saturated carbocycles. The van der Waals surface area contributed by atoms with Gasteiger partial charge in [-0.3, -0.25) is 0 Å². The Balaban J connectivity index is 1.41. The molecule has 0 aliphatic heterocycles. The summed E-state index contributed by atoms with van der Waals surface area (Å²) in [6, 6.07) is 30.6. The summed E-state index contributed by atoms with van der Waals surface area (Å²) in [5, 5.41) is 11.3. The summed E-state index contributed by atoms with van der Waals surface area (Å²) in [6.07, 6.45) is -19.9. The molecule has 0 bridgehead atoms. The molecule has 0 radical (unpaired) electrons. The molecule has 0 unspecified atom stereocenters. The number of para-hydroxylation sites is 2. The van der Waals surface area contributed by atoms with Crippen molar-refractivity contribution in [2.75, 3.05) is 0 Å². The van der Waals surface area contributed by atoms with Gasteiger partial charge in [0.1, 0.15) is 0 Å². The zero-order valence-corrected chi connectivity index (χ0v) is 31.2. The molecule has 9 aromatic rings. The molecule has 0 spiro atoms. The summed E-state index contributed by atoms with van der Waals surface area (Å²) in [6.45, 7) is 0. The van der Waals surface area contributed by atoms with Crippen LogP contribution < -0.4 is 0 Å². The molecular formula is C47H23F12N3. The van der Waals surface area contributed by atoms with Crippen LogP contribution in [-0.4, -0.2) is 9.13 Å². The predicted molar refractivity (Wildman–Crippen MR) is 211 cm³/mol. The predicted octanol–water partition coefficient (Wildman–Crippen LogP) is 15.2.